The van der Waals surface area contributed by atoms with Gasteiger partial charge in [-0.1, -0.05) is 50.2 Å². The fourth-order valence-electron chi connectivity index (χ4n) is 13.1. The Morgan fingerprint density at radius 2 is 1.42 bits per heavy atom. The molecular formula is C41H51NO10. The lowest BCUT2D eigenvalue weighted by molar-refractivity contribution is -0.354. The molecule has 5 N–H and O–H groups in total. The number of benzene rings is 2. The van der Waals surface area contributed by atoms with E-state index in [4.69, 9.17) is 14.2 Å². The first kappa shape index (κ1) is 34.8. The summed E-state index contributed by atoms with van der Waals surface area (Å²) in [4.78, 5) is 29.8. The molecule has 0 radical (unpaired) electrons. The number of hydrogen-bond donors (Lipinski definition) is 5. The molecule has 11 nitrogen and oxygen atoms in total. The molecule has 3 aliphatic heterocycles. The van der Waals surface area contributed by atoms with Crippen molar-refractivity contribution in [3.8, 4) is 0 Å². The molecule has 1 spiro atoms. The van der Waals surface area contributed by atoms with Crippen molar-refractivity contribution in [2.24, 2.45) is 29.1 Å². The van der Waals surface area contributed by atoms with E-state index in [0.717, 1.165) is 6.42 Å². The maximum Gasteiger partial charge on any atom is 0.340 e. The van der Waals surface area contributed by atoms with Gasteiger partial charge in [0, 0.05) is 55.1 Å². The number of rotatable bonds is 4. The zero-order chi connectivity index (χ0) is 36.7. The van der Waals surface area contributed by atoms with E-state index in [1.165, 1.54) is 0 Å². The van der Waals surface area contributed by atoms with E-state index >= 15 is 0 Å². The summed E-state index contributed by atoms with van der Waals surface area (Å²) in [6.45, 7) is 6.58. The van der Waals surface area contributed by atoms with E-state index < -0.39 is 87.1 Å². The molecule has 52 heavy (non-hydrogen) atoms. The van der Waals surface area contributed by atoms with Gasteiger partial charge >= 0.3 is 11.9 Å². The Labute approximate surface area is 303 Å². The molecule has 4 saturated carbocycles. The van der Waals surface area contributed by atoms with Crippen molar-refractivity contribution in [3.63, 3.8) is 0 Å². The van der Waals surface area contributed by atoms with Gasteiger partial charge in [0.15, 0.2) is 6.10 Å². The highest BCUT2D eigenvalue weighted by Gasteiger charge is 2.89. The highest BCUT2D eigenvalue weighted by molar-refractivity contribution is 5.90. The number of nitrogens with zero attached hydrogens (tertiary/aromatic N) is 1. The first-order valence-corrected chi connectivity index (χ1v) is 19.1. The number of carbonyl (C=O) groups excluding carboxylic acids is 2. The average molecular weight is 718 g/mol. The van der Waals surface area contributed by atoms with Crippen molar-refractivity contribution >= 4 is 11.9 Å². The molecule has 7 fully saturated rings. The van der Waals surface area contributed by atoms with Gasteiger partial charge in [-0.15, -0.1) is 0 Å². The van der Waals surface area contributed by atoms with Gasteiger partial charge < -0.3 is 39.7 Å². The minimum atomic E-state index is -2.13. The standard InChI is InChI=1S/C41H51NO10/c1-24-14-17-30-36(3,46)40(49)29(22-42(30)21-24)38(48)23-39-28(37(38,47)20-31(40)43)16-15-27-35(39,2)19-18-32(50-33(44)25-10-6-4-7-11-25)41(27,52-39)51-34(45)26-12-8-5-9-13-26/h4-13,24,27-32,43,46-49H,14-23H2,1-3H3/t24-,27-,28-,29-,30-,31-,32+,35-,36+,37+,38+,39+,40-,41+/m0/s1. The van der Waals surface area contributed by atoms with Gasteiger partial charge in [-0.2, -0.15) is 0 Å². The third-order valence-electron chi connectivity index (χ3n) is 15.5. The van der Waals surface area contributed by atoms with Gasteiger partial charge in [0.25, 0.3) is 5.79 Å². The Hall–Kier alpha value is -2.90. The van der Waals surface area contributed by atoms with Crippen LogP contribution in [-0.2, 0) is 14.2 Å². The normalized spacial score (nSPS) is 50.3. The molecule has 3 saturated heterocycles. The number of esters is 2. The number of ether oxygens (including phenoxy) is 3. The summed E-state index contributed by atoms with van der Waals surface area (Å²) in [5.41, 5.74) is -9.26. The van der Waals surface area contributed by atoms with Crippen LogP contribution in [0.3, 0.4) is 0 Å². The molecule has 4 aliphatic carbocycles. The van der Waals surface area contributed by atoms with Gasteiger partial charge in [-0.05, 0) is 75.6 Å². The van der Waals surface area contributed by atoms with Crippen LogP contribution in [-0.4, -0.2) is 108 Å². The molecule has 11 heteroatoms. The first-order chi connectivity index (χ1) is 24.6. The molecule has 3 heterocycles. The lowest BCUT2D eigenvalue weighted by atomic mass is 9.49. The zero-order valence-electron chi connectivity index (χ0n) is 30.1. The van der Waals surface area contributed by atoms with Crippen LogP contribution in [0.1, 0.15) is 92.9 Å². The topological polar surface area (TPSA) is 166 Å². The third kappa shape index (κ3) is 4.11. The van der Waals surface area contributed by atoms with Gasteiger partial charge in [0.1, 0.15) is 22.4 Å². The molecule has 9 rings (SSSR count). The summed E-state index contributed by atoms with van der Waals surface area (Å²) < 4.78 is 20.1. The van der Waals surface area contributed by atoms with E-state index in [-0.39, 0.29) is 19.4 Å². The van der Waals surface area contributed by atoms with E-state index in [1.54, 1.807) is 67.6 Å². The Kier molecular flexibility index (Phi) is 7.43. The van der Waals surface area contributed by atoms with Crippen LogP contribution in [0.2, 0.25) is 0 Å². The van der Waals surface area contributed by atoms with Crippen molar-refractivity contribution in [2.45, 2.75) is 124 Å². The molecule has 14 atom stereocenters. The summed E-state index contributed by atoms with van der Waals surface area (Å²) in [6.07, 6.45) is 0.0630. The molecule has 280 valence electrons. The quantitative estimate of drug-likeness (QED) is 0.295. The van der Waals surface area contributed by atoms with E-state index in [9.17, 15) is 35.1 Å². The van der Waals surface area contributed by atoms with Crippen molar-refractivity contribution in [1.82, 2.24) is 4.90 Å². The SMILES string of the molecule is C[C@H]1CC[C@@H]2N(C1)C[C@@H]1[C@](O)([C@@H](O)C[C@@]3(O)[C@@H]4CC[C@@H]5[C@@]6(OC(=O)c7ccccc7)O[C@@]4(C[C@@]13O)[C@@]5(C)CC[C@H]6OC(=O)c1ccccc1)[C@]2(C)O. The highest BCUT2D eigenvalue weighted by Crippen LogP contribution is 2.79. The molecule has 2 aromatic carbocycles. The number of piperidine rings is 2. The van der Waals surface area contributed by atoms with Crippen LogP contribution < -0.4 is 0 Å². The van der Waals surface area contributed by atoms with E-state index in [0.29, 0.717) is 55.7 Å². The Morgan fingerprint density at radius 1 is 0.788 bits per heavy atom. The Balaban J connectivity index is 1.16. The van der Waals surface area contributed by atoms with Crippen LogP contribution in [0, 0.1) is 29.1 Å². The molecular weight excluding hydrogens is 666 g/mol. The lowest BCUT2D eigenvalue weighted by Gasteiger charge is -2.68. The van der Waals surface area contributed by atoms with Crippen molar-refractivity contribution in [3.05, 3.63) is 71.8 Å². The predicted molar refractivity (Wildman–Crippen MR) is 186 cm³/mol. The second-order valence-corrected chi connectivity index (χ2v) is 17.8. The average Bonchev–Trinajstić information content (AvgIpc) is 3.29. The minimum absolute atomic E-state index is 0.123. The zero-order valence-corrected chi connectivity index (χ0v) is 30.1. The van der Waals surface area contributed by atoms with Gasteiger partial charge in [0.2, 0.25) is 0 Å². The molecule has 2 aromatic rings. The fourth-order valence-corrected chi connectivity index (χ4v) is 13.1. The molecule has 0 aromatic heterocycles. The lowest BCUT2D eigenvalue weighted by Crippen LogP contribution is -2.85. The summed E-state index contributed by atoms with van der Waals surface area (Å²) in [5, 5.41) is 63.2. The Morgan fingerprint density at radius 3 is 2.10 bits per heavy atom. The maximum absolute atomic E-state index is 14.0. The maximum atomic E-state index is 14.0. The van der Waals surface area contributed by atoms with E-state index in [2.05, 4.69) is 18.7 Å². The summed E-state index contributed by atoms with van der Waals surface area (Å²) in [5.74, 6) is -4.97. The second kappa shape index (κ2) is 11.1. The fraction of sp³-hybridized carbons (Fsp3) is 0.659. The number of aliphatic hydroxyl groups is 5. The predicted octanol–water partition coefficient (Wildman–Crippen LogP) is 3.20. The van der Waals surface area contributed by atoms with Crippen molar-refractivity contribution in [2.75, 3.05) is 13.1 Å². The summed E-state index contributed by atoms with van der Waals surface area (Å²) in [6, 6.07) is 16.8. The van der Waals surface area contributed by atoms with E-state index in [1.807, 2.05) is 0 Å². The number of carbonyl (C=O) groups is 2. The minimum Gasteiger partial charge on any atom is -0.452 e. The third-order valence-corrected chi connectivity index (χ3v) is 15.5. The molecule has 0 amide bonds. The summed E-state index contributed by atoms with van der Waals surface area (Å²) in [7, 11) is 0. The summed E-state index contributed by atoms with van der Waals surface area (Å²) >= 11 is 0. The van der Waals surface area contributed by atoms with Crippen LogP contribution in [0.15, 0.2) is 60.7 Å². The number of fused-ring (bicyclic) bond motifs is 5. The van der Waals surface area contributed by atoms with Crippen LogP contribution in [0.5, 0.6) is 0 Å². The molecule has 4 bridgehead atoms. The van der Waals surface area contributed by atoms with Crippen LogP contribution in [0.25, 0.3) is 0 Å². The molecule has 0 unspecified atom stereocenters. The monoisotopic (exact) mass is 717 g/mol. The van der Waals surface area contributed by atoms with Crippen molar-refractivity contribution < 1.29 is 49.3 Å². The Bertz CT molecular complexity index is 1770. The molecule has 7 aliphatic rings. The van der Waals surface area contributed by atoms with Gasteiger partial charge in [0.05, 0.1) is 22.8 Å². The van der Waals surface area contributed by atoms with Gasteiger partial charge in [-0.3, -0.25) is 4.90 Å². The van der Waals surface area contributed by atoms with Crippen molar-refractivity contribution in [1.29, 1.82) is 0 Å². The smallest absolute Gasteiger partial charge is 0.340 e. The number of aliphatic hydroxyl groups excluding tert-OH is 1. The first-order valence-electron chi connectivity index (χ1n) is 19.1. The second-order valence-electron chi connectivity index (χ2n) is 17.8. The number of hydrogen-bond acceptors (Lipinski definition) is 11. The van der Waals surface area contributed by atoms with Crippen LogP contribution >= 0.6 is 0 Å². The van der Waals surface area contributed by atoms with Crippen LogP contribution in [0.4, 0.5) is 0 Å². The highest BCUT2D eigenvalue weighted by atomic mass is 16.8. The van der Waals surface area contributed by atoms with Gasteiger partial charge in [-0.25, -0.2) is 9.59 Å². The largest absolute Gasteiger partial charge is 0.452 e.